The van der Waals surface area contributed by atoms with Crippen molar-refractivity contribution in [3.63, 3.8) is 0 Å². The molecule has 0 radical (unpaired) electrons. The molecule has 1 aliphatic rings. The summed E-state index contributed by atoms with van der Waals surface area (Å²) in [6.07, 6.45) is 9.45. The van der Waals surface area contributed by atoms with Gasteiger partial charge in [-0.05, 0) is 38.3 Å². The van der Waals surface area contributed by atoms with Crippen molar-refractivity contribution in [1.82, 2.24) is 30.2 Å². The molecule has 0 unspecified atom stereocenters. The van der Waals surface area contributed by atoms with Gasteiger partial charge < -0.3 is 9.84 Å². The summed E-state index contributed by atoms with van der Waals surface area (Å²) in [5.74, 6) is 1.67. The van der Waals surface area contributed by atoms with Gasteiger partial charge in [0, 0.05) is 24.2 Å². The molecule has 28 heavy (non-hydrogen) atoms. The van der Waals surface area contributed by atoms with Gasteiger partial charge in [0.25, 0.3) is 11.8 Å². The fraction of sp³-hybridized carbons (Fsp3) is 0.450. The monoisotopic (exact) mass is 380 g/mol. The van der Waals surface area contributed by atoms with Crippen molar-refractivity contribution in [1.29, 1.82) is 0 Å². The highest BCUT2D eigenvalue weighted by atomic mass is 16.5. The summed E-state index contributed by atoms with van der Waals surface area (Å²) in [5.41, 5.74) is 2.09. The van der Waals surface area contributed by atoms with Gasteiger partial charge in [-0.1, -0.05) is 24.9 Å². The minimum Gasteiger partial charge on any atom is -0.349 e. The molecular weight excluding hydrogens is 356 g/mol. The van der Waals surface area contributed by atoms with Crippen LogP contribution in [0, 0.1) is 6.92 Å². The standard InChI is InChI=1S/C20H24N6O2/c1-3-6-17-24-20(28-25-17)14-9-10-21-18(11-14)26-13(2)16(12-22-26)19(27)23-15-7-4-5-8-15/h9-12,15H,3-8H2,1-2H3,(H,23,27). The Morgan fingerprint density at radius 2 is 2.18 bits per heavy atom. The molecule has 3 aromatic heterocycles. The molecule has 0 aliphatic heterocycles. The van der Waals surface area contributed by atoms with E-state index < -0.39 is 0 Å². The van der Waals surface area contributed by atoms with E-state index in [0.717, 1.165) is 36.9 Å². The van der Waals surface area contributed by atoms with Crippen LogP contribution in [-0.4, -0.2) is 36.9 Å². The van der Waals surface area contributed by atoms with Crippen LogP contribution in [0.25, 0.3) is 17.3 Å². The normalized spacial score (nSPS) is 14.5. The first-order chi connectivity index (χ1) is 13.7. The third-order valence-electron chi connectivity index (χ3n) is 5.10. The van der Waals surface area contributed by atoms with Gasteiger partial charge in [-0.3, -0.25) is 4.79 Å². The van der Waals surface area contributed by atoms with Crippen molar-refractivity contribution in [2.75, 3.05) is 0 Å². The zero-order valence-corrected chi connectivity index (χ0v) is 16.2. The molecule has 0 saturated heterocycles. The highest BCUT2D eigenvalue weighted by Gasteiger charge is 2.21. The number of pyridine rings is 1. The molecule has 1 saturated carbocycles. The van der Waals surface area contributed by atoms with Crippen molar-refractivity contribution in [3.05, 3.63) is 41.6 Å². The van der Waals surface area contributed by atoms with Crippen LogP contribution in [0.2, 0.25) is 0 Å². The molecule has 1 amide bonds. The Hall–Kier alpha value is -3.03. The van der Waals surface area contributed by atoms with Gasteiger partial charge in [0.2, 0.25) is 0 Å². The predicted molar refractivity (Wildman–Crippen MR) is 103 cm³/mol. The minimum atomic E-state index is -0.0760. The number of aromatic nitrogens is 5. The number of nitrogens with one attached hydrogen (secondary N) is 1. The number of aryl methyl sites for hydroxylation is 1. The zero-order chi connectivity index (χ0) is 19.5. The number of amides is 1. The molecule has 0 atom stereocenters. The summed E-state index contributed by atoms with van der Waals surface area (Å²) in [7, 11) is 0. The third-order valence-corrected chi connectivity index (χ3v) is 5.10. The molecule has 1 fully saturated rings. The molecular formula is C20H24N6O2. The number of carbonyl (C=O) groups is 1. The minimum absolute atomic E-state index is 0.0760. The molecule has 0 aromatic carbocycles. The first kappa shape index (κ1) is 18.3. The van der Waals surface area contributed by atoms with Gasteiger partial charge in [-0.15, -0.1) is 0 Å². The average molecular weight is 380 g/mol. The van der Waals surface area contributed by atoms with Crippen LogP contribution in [0.1, 0.15) is 60.9 Å². The maximum atomic E-state index is 12.6. The Labute approximate surface area is 163 Å². The summed E-state index contributed by atoms with van der Waals surface area (Å²) < 4.78 is 7.02. The van der Waals surface area contributed by atoms with Crippen molar-refractivity contribution in [2.24, 2.45) is 0 Å². The molecule has 0 spiro atoms. The van der Waals surface area contributed by atoms with Crippen LogP contribution in [0.15, 0.2) is 29.0 Å². The maximum Gasteiger partial charge on any atom is 0.258 e. The number of carbonyl (C=O) groups excluding carboxylic acids is 1. The number of nitrogens with zero attached hydrogens (tertiary/aromatic N) is 5. The first-order valence-electron chi connectivity index (χ1n) is 9.80. The van der Waals surface area contributed by atoms with Gasteiger partial charge in [-0.25, -0.2) is 9.67 Å². The molecule has 4 rings (SSSR count). The first-order valence-corrected chi connectivity index (χ1v) is 9.80. The van der Waals surface area contributed by atoms with Crippen molar-refractivity contribution in [2.45, 2.75) is 58.4 Å². The highest BCUT2D eigenvalue weighted by molar-refractivity contribution is 5.95. The molecule has 146 valence electrons. The van der Waals surface area contributed by atoms with E-state index in [2.05, 4.69) is 32.5 Å². The van der Waals surface area contributed by atoms with E-state index in [0.29, 0.717) is 23.1 Å². The summed E-state index contributed by atoms with van der Waals surface area (Å²) in [6, 6.07) is 3.92. The van der Waals surface area contributed by atoms with Crippen molar-refractivity contribution < 1.29 is 9.32 Å². The molecule has 3 aromatic rings. The lowest BCUT2D eigenvalue weighted by atomic mass is 10.2. The van der Waals surface area contributed by atoms with Crippen LogP contribution < -0.4 is 5.32 Å². The number of hydrogen-bond acceptors (Lipinski definition) is 6. The largest absolute Gasteiger partial charge is 0.349 e. The van der Waals surface area contributed by atoms with E-state index in [-0.39, 0.29) is 11.9 Å². The van der Waals surface area contributed by atoms with Gasteiger partial charge in [0.15, 0.2) is 11.6 Å². The maximum absolute atomic E-state index is 12.6. The smallest absolute Gasteiger partial charge is 0.258 e. The number of hydrogen-bond donors (Lipinski definition) is 1. The Morgan fingerprint density at radius 3 is 2.96 bits per heavy atom. The molecule has 0 bridgehead atoms. The van der Waals surface area contributed by atoms with Gasteiger partial charge in [0.1, 0.15) is 0 Å². The zero-order valence-electron chi connectivity index (χ0n) is 16.2. The fourth-order valence-corrected chi connectivity index (χ4v) is 3.56. The second kappa shape index (κ2) is 7.92. The van der Waals surface area contributed by atoms with E-state index in [9.17, 15) is 4.79 Å². The van der Waals surface area contributed by atoms with Crippen molar-refractivity contribution >= 4 is 5.91 Å². The van der Waals surface area contributed by atoms with Gasteiger partial charge in [0.05, 0.1) is 17.5 Å². The van der Waals surface area contributed by atoms with Gasteiger partial charge >= 0.3 is 0 Å². The van der Waals surface area contributed by atoms with Crippen LogP contribution >= 0.6 is 0 Å². The number of rotatable bonds is 6. The Bertz CT molecular complexity index is 971. The average Bonchev–Trinajstić information content (AvgIpc) is 3.43. The molecule has 8 heteroatoms. The predicted octanol–water partition coefficient (Wildman–Crippen LogP) is 3.25. The lowest BCUT2D eigenvalue weighted by Crippen LogP contribution is -2.32. The van der Waals surface area contributed by atoms with E-state index in [4.69, 9.17) is 4.52 Å². The quantitative estimate of drug-likeness (QED) is 0.705. The Morgan fingerprint density at radius 1 is 1.36 bits per heavy atom. The summed E-state index contributed by atoms with van der Waals surface area (Å²) >= 11 is 0. The second-order valence-electron chi connectivity index (χ2n) is 7.18. The summed E-state index contributed by atoms with van der Waals surface area (Å²) in [5, 5.41) is 11.5. The summed E-state index contributed by atoms with van der Waals surface area (Å²) in [6.45, 7) is 3.94. The van der Waals surface area contributed by atoms with E-state index in [1.54, 1.807) is 17.1 Å². The lowest BCUT2D eigenvalue weighted by Gasteiger charge is -2.11. The topological polar surface area (TPSA) is 98.7 Å². The van der Waals surface area contributed by atoms with Crippen molar-refractivity contribution in [3.8, 4) is 17.3 Å². The Kier molecular flexibility index (Phi) is 5.18. The van der Waals surface area contributed by atoms with E-state index >= 15 is 0 Å². The van der Waals surface area contributed by atoms with Gasteiger partial charge in [-0.2, -0.15) is 10.1 Å². The van der Waals surface area contributed by atoms with Crippen LogP contribution in [0.4, 0.5) is 0 Å². The lowest BCUT2D eigenvalue weighted by molar-refractivity contribution is 0.0937. The summed E-state index contributed by atoms with van der Waals surface area (Å²) in [4.78, 5) is 21.4. The fourth-order valence-electron chi connectivity index (χ4n) is 3.56. The molecule has 3 heterocycles. The SMILES string of the molecule is CCCc1noc(-c2ccnc(-n3ncc(C(=O)NC4CCCC4)c3C)c2)n1. The second-order valence-corrected chi connectivity index (χ2v) is 7.18. The van der Waals surface area contributed by atoms with E-state index in [1.165, 1.54) is 12.8 Å². The molecule has 8 nitrogen and oxygen atoms in total. The highest BCUT2D eigenvalue weighted by Crippen LogP contribution is 2.22. The van der Waals surface area contributed by atoms with E-state index in [1.807, 2.05) is 19.1 Å². The van der Waals surface area contributed by atoms with Crippen LogP contribution in [0.3, 0.4) is 0 Å². The molecule has 1 N–H and O–H groups in total. The third kappa shape index (κ3) is 3.67. The Balaban J connectivity index is 1.57. The van der Waals surface area contributed by atoms with Crippen LogP contribution in [-0.2, 0) is 6.42 Å². The van der Waals surface area contributed by atoms with Crippen LogP contribution in [0.5, 0.6) is 0 Å². The molecule has 1 aliphatic carbocycles.